The third-order valence-corrected chi connectivity index (χ3v) is 4.26. The van der Waals surface area contributed by atoms with E-state index in [1.165, 1.54) is 5.56 Å². The molecule has 4 heteroatoms. The fourth-order valence-electron chi connectivity index (χ4n) is 3.07. The van der Waals surface area contributed by atoms with Crippen LogP contribution in [-0.2, 0) is 15.0 Å². The van der Waals surface area contributed by atoms with E-state index < -0.39 is 0 Å². The van der Waals surface area contributed by atoms with Crippen LogP contribution in [0.15, 0.2) is 30.3 Å². The maximum absolute atomic E-state index is 5.52. The fourth-order valence-corrected chi connectivity index (χ4v) is 3.07. The first-order chi connectivity index (χ1) is 10.2. The first-order valence-electron chi connectivity index (χ1n) is 7.72. The van der Waals surface area contributed by atoms with E-state index in [0.717, 1.165) is 32.6 Å². The number of rotatable bonds is 6. The van der Waals surface area contributed by atoms with Gasteiger partial charge in [0.25, 0.3) is 0 Å². The van der Waals surface area contributed by atoms with Crippen LogP contribution >= 0.6 is 0 Å². The number of nitrogens with one attached hydrogen (secondary N) is 1. The molecule has 1 N–H and O–H groups in total. The number of hydrogen-bond acceptors (Lipinski definition) is 4. The van der Waals surface area contributed by atoms with Gasteiger partial charge >= 0.3 is 0 Å². The van der Waals surface area contributed by atoms with E-state index in [2.05, 4.69) is 47.5 Å². The van der Waals surface area contributed by atoms with E-state index in [0.29, 0.717) is 6.61 Å². The Morgan fingerprint density at radius 2 is 2.05 bits per heavy atom. The van der Waals surface area contributed by atoms with E-state index in [1.54, 1.807) is 14.2 Å². The highest BCUT2D eigenvalue weighted by Gasteiger charge is 2.31. The molecule has 0 aliphatic carbocycles. The smallest absolute Gasteiger partial charge is 0.0931 e. The Labute approximate surface area is 128 Å². The Hall–Kier alpha value is -0.940. The van der Waals surface area contributed by atoms with Crippen LogP contribution in [0.5, 0.6) is 0 Å². The minimum absolute atomic E-state index is 0.0108. The van der Waals surface area contributed by atoms with Gasteiger partial charge < -0.3 is 14.8 Å². The van der Waals surface area contributed by atoms with Crippen molar-refractivity contribution in [2.45, 2.75) is 25.0 Å². The second-order valence-corrected chi connectivity index (χ2v) is 6.03. The normalized spacial score (nSPS) is 25.5. The van der Waals surface area contributed by atoms with E-state index in [4.69, 9.17) is 9.47 Å². The molecule has 2 unspecified atom stereocenters. The maximum atomic E-state index is 5.52. The van der Waals surface area contributed by atoms with Crippen LogP contribution in [0.3, 0.4) is 0 Å². The van der Waals surface area contributed by atoms with Crippen molar-refractivity contribution in [3.8, 4) is 0 Å². The molecule has 1 aromatic carbocycles. The molecule has 1 aliphatic rings. The second kappa shape index (κ2) is 7.90. The predicted molar refractivity (Wildman–Crippen MR) is 85.5 cm³/mol. The van der Waals surface area contributed by atoms with Gasteiger partial charge in [-0.3, -0.25) is 4.90 Å². The topological polar surface area (TPSA) is 33.7 Å². The summed E-state index contributed by atoms with van der Waals surface area (Å²) in [4.78, 5) is 2.49. The van der Waals surface area contributed by atoms with Crippen LogP contribution in [0.2, 0.25) is 0 Å². The van der Waals surface area contributed by atoms with Crippen LogP contribution in [0, 0.1) is 0 Å². The Kier molecular flexibility index (Phi) is 6.18. The fraction of sp³-hybridized carbons (Fsp3) is 0.647. The van der Waals surface area contributed by atoms with E-state index in [1.807, 2.05) is 0 Å². The molecule has 0 bridgehead atoms. The third-order valence-electron chi connectivity index (χ3n) is 4.26. The van der Waals surface area contributed by atoms with Gasteiger partial charge in [0, 0.05) is 27.3 Å². The number of nitrogens with zero attached hydrogens (tertiary/aromatic N) is 1. The zero-order chi connectivity index (χ0) is 15.1. The number of methoxy groups -OCH3 is 2. The maximum Gasteiger partial charge on any atom is 0.0931 e. The van der Waals surface area contributed by atoms with Crippen molar-refractivity contribution in [2.75, 3.05) is 47.0 Å². The minimum atomic E-state index is -0.0108. The summed E-state index contributed by atoms with van der Waals surface area (Å²) in [5, 5.41) is 3.71. The molecule has 0 amide bonds. The van der Waals surface area contributed by atoms with Crippen molar-refractivity contribution in [1.29, 1.82) is 0 Å². The summed E-state index contributed by atoms with van der Waals surface area (Å²) < 4.78 is 10.8. The molecule has 1 heterocycles. The average molecular weight is 292 g/mol. The molecule has 2 atom stereocenters. The molecule has 118 valence electrons. The van der Waals surface area contributed by atoms with Gasteiger partial charge in [-0.15, -0.1) is 0 Å². The lowest BCUT2D eigenvalue weighted by Crippen LogP contribution is -2.48. The van der Waals surface area contributed by atoms with Gasteiger partial charge in [0.15, 0.2) is 0 Å². The first kappa shape index (κ1) is 16.4. The van der Waals surface area contributed by atoms with Gasteiger partial charge in [-0.2, -0.15) is 0 Å². The average Bonchev–Trinajstić information content (AvgIpc) is 2.70. The van der Waals surface area contributed by atoms with Crippen LogP contribution in [0.1, 0.15) is 18.9 Å². The van der Waals surface area contributed by atoms with Gasteiger partial charge in [-0.05, 0) is 32.0 Å². The van der Waals surface area contributed by atoms with Crippen molar-refractivity contribution >= 4 is 0 Å². The zero-order valence-electron chi connectivity index (χ0n) is 13.5. The van der Waals surface area contributed by atoms with Crippen molar-refractivity contribution < 1.29 is 9.47 Å². The lowest BCUT2D eigenvalue weighted by Gasteiger charge is -2.35. The monoisotopic (exact) mass is 292 g/mol. The summed E-state index contributed by atoms with van der Waals surface area (Å²) in [5.41, 5.74) is 1.33. The number of hydrogen-bond donors (Lipinski definition) is 1. The molecule has 0 saturated carbocycles. The molecule has 1 aromatic rings. The van der Waals surface area contributed by atoms with Crippen molar-refractivity contribution in [2.24, 2.45) is 0 Å². The van der Waals surface area contributed by atoms with Gasteiger partial charge in [-0.25, -0.2) is 0 Å². The van der Waals surface area contributed by atoms with Gasteiger partial charge in [0.05, 0.1) is 18.2 Å². The zero-order valence-corrected chi connectivity index (χ0v) is 13.5. The standard InChI is InChI=1S/C17H28N2O2/c1-17(15-8-5-4-6-9-15)14-19(11-7-10-18-17)12-16(21-3)13-20-2/h4-6,8-9,16,18H,7,10-14H2,1-3H3. The molecule has 0 spiro atoms. The largest absolute Gasteiger partial charge is 0.382 e. The highest BCUT2D eigenvalue weighted by atomic mass is 16.5. The Bertz CT molecular complexity index is 413. The molecule has 0 radical (unpaired) electrons. The van der Waals surface area contributed by atoms with E-state index >= 15 is 0 Å². The molecule has 21 heavy (non-hydrogen) atoms. The summed E-state index contributed by atoms with van der Waals surface area (Å²) in [5.74, 6) is 0. The van der Waals surface area contributed by atoms with Crippen LogP contribution in [0.25, 0.3) is 0 Å². The molecule has 2 rings (SSSR count). The molecular weight excluding hydrogens is 264 g/mol. The highest BCUT2D eigenvalue weighted by Crippen LogP contribution is 2.24. The number of benzene rings is 1. The Balaban J connectivity index is 2.07. The van der Waals surface area contributed by atoms with E-state index in [9.17, 15) is 0 Å². The summed E-state index contributed by atoms with van der Waals surface area (Å²) in [6.07, 6.45) is 1.29. The Morgan fingerprint density at radius 1 is 1.29 bits per heavy atom. The Morgan fingerprint density at radius 3 is 2.71 bits per heavy atom. The molecule has 1 fully saturated rings. The van der Waals surface area contributed by atoms with Crippen molar-refractivity contribution in [3.05, 3.63) is 35.9 Å². The third kappa shape index (κ3) is 4.51. The summed E-state index contributed by atoms with van der Waals surface area (Å²) >= 11 is 0. The minimum Gasteiger partial charge on any atom is -0.382 e. The molecule has 1 aliphatic heterocycles. The van der Waals surface area contributed by atoms with Crippen molar-refractivity contribution in [3.63, 3.8) is 0 Å². The van der Waals surface area contributed by atoms with Crippen LogP contribution in [0.4, 0.5) is 0 Å². The lowest BCUT2D eigenvalue weighted by atomic mass is 9.91. The highest BCUT2D eigenvalue weighted by molar-refractivity contribution is 5.24. The lowest BCUT2D eigenvalue weighted by molar-refractivity contribution is 0.00341. The second-order valence-electron chi connectivity index (χ2n) is 6.03. The van der Waals surface area contributed by atoms with Crippen molar-refractivity contribution in [1.82, 2.24) is 10.2 Å². The molecular formula is C17H28N2O2. The summed E-state index contributed by atoms with van der Waals surface area (Å²) in [6, 6.07) is 10.7. The quantitative estimate of drug-likeness (QED) is 0.868. The van der Waals surface area contributed by atoms with Crippen LogP contribution in [-0.4, -0.2) is 58.0 Å². The van der Waals surface area contributed by atoms with Crippen LogP contribution < -0.4 is 5.32 Å². The molecule has 1 saturated heterocycles. The molecule has 0 aromatic heterocycles. The van der Waals surface area contributed by atoms with E-state index in [-0.39, 0.29) is 11.6 Å². The van der Waals surface area contributed by atoms with Gasteiger partial charge in [0.1, 0.15) is 0 Å². The van der Waals surface area contributed by atoms with Gasteiger partial charge in [-0.1, -0.05) is 30.3 Å². The molecule has 4 nitrogen and oxygen atoms in total. The SMILES string of the molecule is COCC(CN1CCCNC(C)(c2ccccc2)C1)OC. The predicted octanol–water partition coefficient (Wildman–Crippen LogP) is 1.86. The summed E-state index contributed by atoms with van der Waals surface area (Å²) in [7, 11) is 3.49. The van der Waals surface area contributed by atoms with Gasteiger partial charge in [0.2, 0.25) is 0 Å². The summed E-state index contributed by atoms with van der Waals surface area (Å²) in [6.45, 7) is 6.97. The number of ether oxygens (including phenoxy) is 2. The first-order valence-corrected chi connectivity index (χ1v) is 7.72.